The molecule has 1 amide bonds. The molecule has 0 unspecified atom stereocenters. The van der Waals surface area contributed by atoms with Gasteiger partial charge in [0, 0.05) is 31.8 Å². The second-order valence-electron chi connectivity index (χ2n) is 4.01. The van der Waals surface area contributed by atoms with Crippen molar-refractivity contribution in [2.24, 2.45) is 0 Å². The zero-order chi connectivity index (χ0) is 12.4. The quantitative estimate of drug-likeness (QED) is 0.749. The predicted octanol–water partition coefficient (Wildman–Crippen LogP) is 1.36. The summed E-state index contributed by atoms with van der Waals surface area (Å²) in [5, 5.41) is 11.7. The lowest BCUT2D eigenvalue weighted by molar-refractivity contribution is -0.114. The maximum atomic E-state index is 11.1. The third kappa shape index (κ3) is 2.29. The summed E-state index contributed by atoms with van der Waals surface area (Å²) in [6.07, 6.45) is 2.25. The number of aliphatic hydroxyl groups excluding tert-OH is 1. The average Bonchev–Trinajstić information content (AvgIpc) is 2.62. The van der Waals surface area contributed by atoms with Crippen molar-refractivity contribution < 1.29 is 9.90 Å². The molecule has 0 saturated heterocycles. The number of fused-ring (bicyclic) bond motifs is 1. The molecule has 0 aliphatic rings. The Hall–Kier alpha value is -1.88. The van der Waals surface area contributed by atoms with Crippen LogP contribution in [-0.4, -0.2) is 27.6 Å². The lowest BCUT2D eigenvalue weighted by atomic mass is 10.1. The highest BCUT2D eigenvalue weighted by atomic mass is 16.3. The first-order chi connectivity index (χ1) is 8.11. The number of amides is 1. The minimum absolute atomic E-state index is 0.0673. The molecule has 0 aliphatic heterocycles. The second kappa shape index (κ2) is 4.55. The molecular weight excluding hydrogens is 218 g/mol. The fourth-order valence-electron chi connectivity index (χ4n) is 1.86. The van der Waals surface area contributed by atoms with E-state index in [4.69, 9.17) is 5.11 Å². The van der Waals surface area contributed by atoms with Crippen molar-refractivity contribution in [1.82, 2.24) is 9.97 Å². The van der Waals surface area contributed by atoms with Crippen molar-refractivity contribution in [2.75, 3.05) is 11.9 Å². The van der Waals surface area contributed by atoms with Gasteiger partial charge in [0.2, 0.25) is 5.91 Å². The number of pyridine rings is 1. The molecule has 0 aromatic carbocycles. The maximum absolute atomic E-state index is 11.1. The van der Waals surface area contributed by atoms with E-state index in [1.165, 1.54) is 6.92 Å². The molecule has 0 atom stereocenters. The summed E-state index contributed by atoms with van der Waals surface area (Å²) in [5.74, 6) is -0.127. The van der Waals surface area contributed by atoms with Crippen LogP contribution in [0.25, 0.3) is 11.0 Å². The molecule has 2 rings (SSSR count). The first-order valence-corrected chi connectivity index (χ1v) is 5.48. The van der Waals surface area contributed by atoms with E-state index in [1.54, 1.807) is 6.20 Å². The van der Waals surface area contributed by atoms with Gasteiger partial charge in [-0.25, -0.2) is 4.98 Å². The van der Waals surface area contributed by atoms with Crippen LogP contribution in [0.5, 0.6) is 0 Å². The number of anilines is 1. The largest absolute Gasteiger partial charge is 0.396 e. The van der Waals surface area contributed by atoms with Gasteiger partial charge in [-0.2, -0.15) is 0 Å². The summed E-state index contributed by atoms with van der Waals surface area (Å²) < 4.78 is 0. The molecule has 2 heterocycles. The van der Waals surface area contributed by atoms with Crippen molar-refractivity contribution >= 4 is 22.6 Å². The van der Waals surface area contributed by atoms with Gasteiger partial charge in [0.05, 0.1) is 11.2 Å². The second-order valence-corrected chi connectivity index (χ2v) is 4.01. The normalized spacial score (nSPS) is 10.8. The van der Waals surface area contributed by atoms with Crippen LogP contribution >= 0.6 is 0 Å². The fourth-order valence-corrected chi connectivity index (χ4v) is 1.86. The highest BCUT2D eigenvalue weighted by Crippen LogP contribution is 2.24. The van der Waals surface area contributed by atoms with Gasteiger partial charge >= 0.3 is 0 Å². The Morgan fingerprint density at radius 3 is 3.00 bits per heavy atom. The number of carbonyl (C=O) groups excluding carboxylic acids is 1. The summed E-state index contributed by atoms with van der Waals surface area (Å²) >= 11 is 0. The van der Waals surface area contributed by atoms with Gasteiger partial charge < -0.3 is 15.4 Å². The third-order valence-electron chi connectivity index (χ3n) is 2.56. The van der Waals surface area contributed by atoms with E-state index < -0.39 is 0 Å². The molecule has 0 saturated carbocycles. The number of aromatic amines is 1. The molecule has 17 heavy (non-hydrogen) atoms. The molecule has 5 nitrogen and oxygen atoms in total. The van der Waals surface area contributed by atoms with Crippen LogP contribution in [0.3, 0.4) is 0 Å². The van der Waals surface area contributed by atoms with Crippen LogP contribution in [0.4, 0.5) is 5.69 Å². The highest BCUT2D eigenvalue weighted by Gasteiger charge is 2.10. The van der Waals surface area contributed by atoms with Crippen molar-refractivity contribution in [2.45, 2.75) is 20.3 Å². The number of aryl methyl sites for hydroxylation is 1. The summed E-state index contributed by atoms with van der Waals surface area (Å²) in [6, 6.07) is 1.94. The van der Waals surface area contributed by atoms with E-state index in [2.05, 4.69) is 15.3 Å². The monoisotopic (exact) mass is 233 g/mol. The fraction of sp³-hybridized carbons (Fsp3) is 0.333. The van der Waals surface area contributed by atoms with Crippen LogP contribution in [0.1, 0.15) is 18.2 Å². The Bertz CT molecular complexity index is 560. The number of hydrogen-bond donors (Lipinski definition) is 3. The molecule has 0 aliphatic carbocycles. The topological polar surface area (TPSA) is 78.0 Å². The lowest BCUT2D eigenvalue weighted by Gasteiger charge is -2.04. The Labute approximate surface area is 98.9 Å². The van der Waals surface area contributed by atoms with Gasteiger partial charge in [-0.15, -0.1) is 0 Å². The van der Waals surface area contributed by atoms with Crippen LogP contribution in [0.2, 0.25) is 0 Å². The average molecular weight is 233 g/mol. The van der Waals surface area contributed by atoms with Crippen molar-refractivity contribution in [1.29, 1.82) is 0 Å². The van der Waals surface area contributed by atoms with Gasteiger partial charge in [0.1, 0.15) is 5.52 Å². The molecule has 2 aromatic heterocycles. The Balaban J connectivity index is 2.53. The van der Waals surface area contributed by atoms with E-state index in [-0.39, 0.29) is 12.5 Å². The standard InChI is InChI=1S/C12H15N3O2/c1-7-5-9(3-4-16)15-12-10(14-8(2)17)6-13-11(7)12/h5-6,13,16H,3-4H2,1-2H3,(H,14,17). The van der Waals surface area contributed by atoms with Crippen LogP contribution in [0.15, 0.2) is 12.3 Å². The molecule has 0 spiro atoms. The smallest absolute Gasteiger partial charge is 0.221 e. The summed E-state index contributed by atoms with van der Waals surface area (Å²) in [5.41, 5.74) is 4.20. The van der Waals surface area contributed by atoms with Crippen molar-refractivity contribution in [3.8, 4) is 0 Å². The Morgan fingerprint density at radius 1 is 1.59 bits per heavy atom. The molecule has 2 aromatic rings. The Morgan fingerprint density at radius 2 is 2.35 bits per heavy atom. The minimum Gasteiger partial charge on any atom is -0.396 e. The van der Waals surface area contributed by atoms with Gasteiger partial charge in [-0.1, -0.05) is 0 Å². The van der Waals surface area contributed by atoms with Crippen molar-refractivity contribution in [3.05, 3.63) is 23.5 Å². The third-order valence-corrected chi connectivity index (χ3v) is 2.56. The summed E-state index contributed by atoms with van der Waals surface area (Å²) in [7, 11) is 0. The molecule has 5 heteroatoms. The van der Waals surface area contributed by atoms with Gasteiger partial charge in [0.15, 0.2) is 0 Å². The summed E-state index contributed by atoms with van der Waals surface area (Å²) in [6.45, 7) is 3.50. The van der Waals surface area contributed by atoms with Gasteiger partial charge in [-0.3, -0.25) is 4.79 Å². The van der Waals surface area contributed by atoms with Gasteiger partial charge in [0.25, 0.3) is 0 Å². The Kier molecular flexibility index (Phi) is 3.10. The predicted molar refractivity (Wildman–Crippen MR) is 65.9 cm³/mol. The van der Waals surface area contributed by atoms with E-state index in [0.29, 0.717) is 12.1 Å². The van der Waals surface area contributed by atoms with Crippen LogP contribution in [0, 0.1) is 6.92 Å². The zero-order valence-electron chi connectivity index (χ0n) is 9.87. The maximum Gasteiger partial charge on any atom is 0.221 e. The molecule has 0 fully saturated rings. The van der Waals surface area contributed by atoms with E-state index in [9.17, 15) is 4.79 Å². The van der Waals surface area contributed by atoms with E-state index in [1.807, 2.05) is 13.0 Å². The van der Waals surface area contributed by atoms with Crippen LogP contribution < -0.4 is 5.32 Å². The number of H-pyrrole nitrogens is 1. The van der Waals surface area contributed by atoms with Crippen LogP contribution in [-0.2, 0) is 11.2 Å². The first kappa shape index (κ1) is 11.6. The molecule has 0 radical (unpaired) electrons. The summed E-state index contributed by atoms with van der Waals surface area (Å²) in [4.78, 5) is 18.6. The van der Waals surface area contributed by atoms with Gasteiger partial charge in [-0.05, 0) is 18.6 Å². The van der Waals surface area contributed by atoms with E-state index in [0.717, 1.165) is 22.3 Å². The number of rotatable bonds is 3. The number of nitrogens with one attached hydrogen (secondary N) is 2. The molecule has 90 valence electrons. The SMILES string of the molecule is CC(=O)Nc1c[nH]c2c(C)cc(CCO)nc12. The molecule has 0 bridgehead atoms. The number of aromatic nitrogens is 2. The minimum atomic E-state index is -0.127. The van der Waals surface area contributed by atoms with E-state index >= 15 is 0 Å². The number of hydrogen-bond acceptors (Lipinski definition) is 3. The number of nitrogens with zero attached hydrogens (tertiary/aromatic N) is 1. The highest BCUT2D eigenvalue weighted by molar-refractivity contribution is 5.99. The first-order valence-electron chi connectivity index (χ1n) is 5.48. The molecular formula is C12H15N3O2. The molecule has 3 N–H and O–H groups in total. The van der Waals surface area contributed by atoms with Crippen molar-refractivity contribution in [3.63, 3.8) is 0 Å². The number of aliphatic hydroxyl groups is 1. The number of carbonyl (C=O) groups is 1. The lowest BCUT2D eigenvalue weighted by Crippen LogP contribution is -2.05. The zero-order valence-corrected chi connectivity index (χ0v) is 9.87.